The molecular weight excluding hydrogens is 805 g/mol. The molecular formula is C39H54IN7O7. The third-order valence-corrected chi connectivity index (χ3v) is 9.83. The number of anilines is 1. The number of nitrogens with two attached hydrogens (primary N) is 1. The van der Waals surface area contributed by atoms with E-state index in [2.05, 4.69) is 50.1 Å². The monoisotopic (exact) mass is 859 g/mol. The minimum Gasteiger partial charge on any atom is -0.379 e. The van der Waals surface area contributed by atoms with Crippen LogP contribution in [0.25, 0.3) is 22.5 Å². The molecule has 0 spiro atoms. The summed E-state index contributed by atoms with van der Waals surface area (Å²) in [7, 11) is 1.87. The number of fused-ring (bicyclic) bond motifs is 5. The number of aromatic nitrogens is 3. The molecule has 54 heavy (non-hydrogen) atoms. The minimum absolute atomic E-state index is 0.0271. The van der Waals surface area contributed by atoms with Crippen molar-refractivity contribution in [3.8, 4) is 22.5 Å². The Morgan fingerprint density at radius 1 is 0.852 bits per heavy atom. The van der Waals surface area contributed by atoms with E-state index in [1.807, 2.05) is 55.6 Å². The van der Waals surface area contributed by atoms with E-state index >= 15 is 0 Å². The van der Waals surface area contributed by atoms with Gasteiger partial charge in [-0.05, 0) is 43.0 Å². The largest absolute Gasteiger partial charge is 0.379 e. The van der Waals surface area contributed by atoms with Crippen molar-refractivity contribution in [3.05, 3.63) is 66.2 Å². The van der Waals surface area contributed by atoms with Gasteiger partial charge in [0.05, 0.1) is 76.8 Å². The fraction of sp³-hybridized carbons (Fsp3) is 0.513. The van der Waals surface area contributed by atoms with Crippen molar-refractivity contribution in [2.75, 3.05) is 75.3 Å². The molecule has 2 aromatic carbocycles. The lowest BCUT2D eigenvalue weighted by Crippen LogP contribution is -2.37. The summed E-state index contributed by atoms with van der Waals surface area (Å²) < 4.78 is 24.7. The number of ether oxygens (including phenoxy) is 4. The summed E-state index contributed by atoms with van der Waals surface area (Å²) in [5.41, 5.74) is 11.7. The molecule has 14 nitrogen and oxygen atoms in total. The predicted molar refractivity (Wildman–Crippen MR) is 216 cm³/mol. The molecule has 0 saturated carbocycles. The second kappa shape index (κ2) is 23.9. The van der Waals surface area contributed by atoms with E-state index in [1.54, 1.807) is 9.58 Å². The lowest BCUT2D eigenvalue weighted by molar-refractivity contribution is -0.125. The van der Waals surface area contributed by atoms with Crippen molar-refractivity contribution in [1.29, 1.82) is 0 Å². The van der Waals surface area contributed by atoms with Crippen molar-refractivity contribution in [3.63, 3.8) is 0 Å². The molecule has 3 amide bonds. The number of carbonyl (C=O) groups is 3. The zero-order valence-corrected chi connectivity index (χ0v) is 33.4. The fourth-order valence-corrected chi connectivity index (χ4v) is 6.51. The molecule has 1 aliphatic rings. The van der Waals surface area contributed by atoms with Gasteiger partial charge in [0.25, 0.3) is 0 Å². The first-order valence-electron chi connectivity index (χ1n) is 18.5. The van der Waals surface area contributed by atoms with Crippen LogP contribution in [0, 0.1) is 0 Å². The first kappa shape index (κ1) is 43.0. The zero-order valence-electron chi connectivity index (χ0n) is 31.2. The summed E-state index contributed by atoms with van der Waals surface area (Å²) in [6.45, 7) is 8.46. The number of unbranched alkanes of at least 4 members (excludes halogenated alkanes) is 1. The standard InChI is InChI=1S/C39H54IN7O7/c1-29(27-40)33(12-7-8-17-41)43-36(49)16-19-51-21-23-53-25-26-54-24-22-52-20-18-42-35(48)14-15-37(50)47-28-30-9-3-4-10-31(30)39-38(44-45-46(39)2)32-11-5-6-13-34(32)47/h3-6,9-11,13,33H,1,7-8,12,14-28,41H2,2H3,(H,42,48)(H,43,49)/t33-/m1/s1. The van der Waals surface area contributed by atoms with Crippen molar-refractivity contribution in [2.45, 2.75) is 51.1 Å². The first-order chi connectivity index (χ1) is 26.3. The van der Waals surface area contributed by atoms with E-state index < -0.39 is 0 Å². The van der Waals surface area contributed by atoms with Gasteiger partial charge in [-0.25, -0.2) is 4.68 Å². The zero-order chi connectivity index (χ0) is 38.5. The number of para-hydroxylation sites is 1. The highest BCUT2D eigenvalue weighted by Gasteiger charge is 2.28. The van der Waals surface area contributed by atoms with Gasteiger partial charge >= 0.3 is 0 Å². The number of hydrogen-bond acceptors (Lipinski definition) is 10. The molecule has 0 unspecified atom stereocenters. The van der Waals surface area contributed by atoms with Crippen molar-refractivity contribution >= 4 is 46.0 Å². The molecule has 3 aromatic rings. The maximum absolute atomic E-state index is 13.6. The topological polar surface area (TPSA) is 172 Å². The molecule has 4 N–H and O–H groups in total. The molecule has 1 aromatic heterocycles. The van der Waals surface area contributed by atoms with E-state index in [9.17, 15) is 14.4 Å². The van der Waals surface area contributed by atoms with Crippen molar-refractivity contribution in [2.24, 2.45) is 12.8 Å². The van der Waals surface area contributed by atoms with Crippen molar-refractivity contribution < 1.29 is 33.3 Å². The van der Waals surface area contributed by atoms with Gasteiger partial charge < -0.3 is 40.2 Å². The van der Waals surface area contributed by atoms with Crippen LogP contribution in [0.15, 0.2) is 60.7 Å². The third kappa shape index (κ3) is 13.5. The molecule has 0 radical (unpaired) electrons. The van der Waals surface area contributed by atoms with Gasteiger partial charge in [-0.1, -0.05) is 76.8 Å². The number of halogens is 1. The SMILES string of the molecule is C=C(CI)[C@@H](CCCCN)NC(=O)CCOCCOCCOCCOCCNC(=O)CCC(=O)N1Cc2ccccc2-c2c(nnn2C)-c2ccccc21. The molecule has 0 saturated heterocycles. The summed E-state index contributed by atoms with van der Waals surface area (Å²) in [6.07, 6.45) is 3.13. The van der Waals surface area contributed by atoms with Gasteiger partial charge in [0.1, 0.15) is 5.69 Å². The van der Waals surface area contributed by atoms with Crippen LogP contribution in [0.2, 0.25) is 0 Å². The van der Waals surface area contributed by atoms with E-state index in [4.69, 9.17) is 24.7 Å². The average Bonchev–Trinajstić information content (AvgIpc) is 3.56. The summed E-state index contributed by atoms with van der Waals surface area (Å²) in [6, 6.07) is 15.6. The fourth-order valence-electron chi connectivity index (χ4n) is 5.98. The van der Waals surface area contributed by atoms with E-state index in [0.717, 1.165) is 57.3 Å². The molecule has 1 atom stereocenters. The molecule has 0 fully saturated rings. The Morgan fingerprint density at radius 3 is 2.20 bits per heavy atom. The normalized spacial score (nSPS) is 12.5. The van der Waals surface area contributed by atoms with Gasteiger partial charge in [-0.15, -0.1) is 5.10 Å². The molecule has 294 valence electrons. The predicted octanol–water partition coefficient (Wildman–Crippen LogP) is 3.95. The maximum atomic E-state index is 13.6. The van der Waals surface area contributed by atoms with Gasteiger partial charge in [0, 0.05) is 48.4 Å². The van der Waals surface area contributed by atoms with Crippen LogP contribution in [0.5, 0.6) is 0 Å². The quantitative estimate of drug-likeness (QED) is 0.0491. The van der Waals surface area contributed by atoms with Crippen LogP contribution < -0.4 is 21.3 Å². The molecule has 1 aliphatic heterocycles. The smallest absolute Gasteiger partial charge is 0.227 e. The number of benzene rings is 2. The Morgan fingerprint density at radius 2 is 1.50 bits per heavy atom. The number of amides is 3. The number of hydrogen-bond donors (Lipinski definition) is 3. The molecule has 2 heterocycles. The highest BCUT2D eigenvalue weighted by Crippen LogP contribution is 2.40. The van der Waals surface area contributed by atoms with Crippen LogP contribution in [-0.4, -0.2) is 109 Å². The van der Waals surface area contributed by atoms with Gasteiger partial charge in [0.15, 0.2) is 0 Å². The van der Waals surface area contributed by atoms with Crippen LogP contribution >= 0.6 is 22.6 Å². The Labute approximate surface area is 331 Å². The Kier molecular flexibility index (Phi) is 19.0. The van der Waals surface area contributed by atoms with Crippen LogP contribution in [0.4, 0.5) is 5.69 Å². The van der Waals surface area contributed by atoms with E-state index in [0.29, 0.717) is 78.2 Å². The molecule has 0 bridgehead atoms. The number of alkyl halides is 1. The van der Waals surface area contributed by atoms with Crippen molar-refractivity contribution in [1.82, 2.24) is 25.6 Å². The molecule has 15 heteroatoms. The van der Waals surface area contributed by atoms with Crippen LogP contribution in [0.3, 0.4) is 0 Å². The number of aryl methyl sites for hydroxylation is 1. The molecule has 0 aliphatic carbocycles. The minimum atomic E-state index is -0.217. The summed E-state index contributed by atoms with van der Waals surface area (Å²) in [5.74, 6) is -0.419. The second-order valence-corrected chi connectivity index (χ2v) is 13.6. The summed E-state index contributed by atoms with van der Waals surface area (Å²) in [5, 5.41) is 14.6. The van der Waals surface area contributed by atoms with Crippen LogP contribution in [0.1, 0.15) is 44.1 Å². The maximum Gasteiger partial charge on any atom is 0.227 e. The van der Waals surface area contributed by atoms with Crippen LogP contribution in [-0.2, 0) is 46.9 Å². The lowest BCUT2D eigenvalue weighted by atomic mass is 9.95. The number of rotatable bonds is 25. The number of nitrogens with zero attached hydrogens (tertiary/aromatic N) is 4. The number of carbonyl (C=O) groups excluding carboxylic acids is 3. The highest BCUT2D eigenvalue weighted by atomic mass is 127. The van der Waals surface area contributed by atoms with Gasteiger partial charge in [-0.3, -0.25) is 14.4 Å². The van der Waals surface area contributed by atoms with Gasteiger partial charge in [0.2, 0.25) is 17.7 Å². The lowest BCUT2D eigenvalue weighted by Gasteiger charge is -2.28. The average molecular weight is 860 g/mol. The Hall–Kier alpha value is -3.74. The second-order valence-electron chi connectivity index (χ2n) is 12.8. The highest BCUT2D eigenvalue weighted by molar-refractivity contribution is 14.1. The third-order valence-electron chi connectivity index (χ3n) is 8.85. The molecule has 4 rings (SSSR count). The number of nitrogens with one attached hydrogen (secondary N) is 2. The summed E-state index contributed by atoms with van der Waals surface area (Å²) >= 11 is 2.26. The first-order valence-corrected chi connectivity index (χ1v) is 20.0. The Bertz CT molecular complexity index is 1650. The van der Waals surface area contributed by atoms with E-state index in [1.165, 1.54) is 0 Å². The Balaban J connectivity index is 1.02. The van der Waals surface area contributed by atoms with E-state index in [-0.39, 0.29) is 43.0 Å². The summed E-state index contributed by atoms with van der Waals surface area (Å²) in [4.78, 5) is 40.2. The van der Waals surface area contributed by atoms with Gasteiger partial charge in [-0.2, -0.15) is 0 Å².